The van der Waals surface area contributed by atoms with E-state index in [9.17, 15) is 41.8 Å². The number of carbonyl (C=O) groups excluding carboxylic acids is 1. The third kappa shape index (κ3) is 3.34. The normalized spacial score (nSPS) is 34.6. The molecule has 194 valence electrons. The Labute approximate surface area is 204 Å². The summed E-state index contributed by atoms with van der Waals surface area (Å²) in [5.41, 5.74) is -1.55. The number of fused-ring (bicyclic) bond motifs is 4. The van der Waals surface area contributed by atoms with Crippen molar-refractivity contribution in [1.29, 1.82) is 0 Å². The van der Waals surface area contributed by atoms with Crippen molar-refractivity contribution in [2.45, 2.75) is 75.5 Å². The number of allylic oxidation sites excluding steroid dienone is 4. The van der Waals surface area contributed by atoms with Gasteiger partial charge in [-0.1, -0.05) is 24.6 Å². The molecule has 0 radical (unpaired) electrons. The Morgan fingerprint density at radius 2 is 1.69 bits per heavy atom. The van der Waals surface area contributed by atoms with Crippen molar-refractivity contribution < 1.29 is 41.8 Å². The first-order chi connectivity index (χ1) is 16.7. The molecule has 5 atom stereocenters. The second-order valence-electron chi connectivity index (χ2n) is 10.9. The first-order valence-corrected chi connectivity index (χ1v) is 12.2. The highest BCUT2D eigenvalue weighted by molar-refractivity contribution is 5.93. The van der Waals surface area contributed by atoms with Crippen LogP contribution in [0.4, 0.5) is 22.0 Å². The van der Waals surface area contributed by atoms with Crippen molar-refractivity contribution >= 4 is 11.8 Å². The van der Waals surface area contributed by atoms with Gasteiger partial charge in [0.1, 0.15) is 5.60 Å². The number of ketones is 1. The lowest BCUT2D eigenvalue weighted by molar-refractivity contribution is -0.362. The number of alkyl halides is 5. The van der Waals surface area contributed by atoms with Crippen molar-refractivity contribution in [3.05, 3.63) is 58.2 Å². The average Bonchev–Trinajstić information content (AvgIpc) is 3.09. The van der Waals surface area contributed by atoms with Crippen LogP contribution < -0.4 is 0 Å². The fourth-order valence-corrected chi connectivity index (χ4v) is 7.57. The van der Waals surface area contributed by atoms with Crippen LogP contribution in [0.5, 0.6) is 0 Å². The molecule has 0 heterocycles. The molecular weight excluding hydrogens is 483 g/mol. The molecule has 1 aromatic rings. The van der Waals surface area contributed by atoms with Crippen LogP contribution in [0.1, 0.15) is 73.7 Å². The van der Waals surface area contributed by atoms with Crippen molar-refractivity contribution in [2.75, 3.05) is 0 Å². The van der Waals surface area contributed by atoms with E-state index in [-0.39, 0.29) is 30.1 Å². The van der Waals surface area contributed by atoms with Gasteiger partial charge >= 0.3 is 18.1 Å². The summed E-state index contributed by atoms with van der Waals surface area (Å²) in [5, 5.41) is 20.5. The van der Waals surface area contributed by atoms with Crippen LogP contribution in [-0.4, -0.2) is 39.7 Å². The topological polar surface area (TPSA) is 74.6 Å². The zero-order valence-electron chi connectivity index (χ0n) is 19.7. The number of halogens is 5. The van der Waals surface area contributed by atoms with Gasteiger partial charge in [0.2, 0.25) is 0 Å². The zero-order chi connectivity index (χ0) is 26.3. The summed E-state index contributed by atoms with van der Waals surface area (Å²) in [7, 11) is 0. The Hall–Kier alpha value is -2.55. The molecule has 2 N–H and O–H groups in total. The minimum Gasteiger partial charge on any atom is -0.478 e. The molecule has 36 heavy (non-hydrogen) atoms. The summed E-state index contributed by atoms with van der Waals surface area (Å²) in [6, 6.07) is 5.93. The molecule has 4 aliphatic rings. The molecule has 0 bridgehead atoms. The number of hydrogen-bond donors (Lipinski definition) is 2. The molecular formula is C27H27F5O4. The SMILES string of the molecule is C[C@]12C[C@H](c3ccc(C(=O)O)cc3)C3=C4CCC(=O)C=C4CCC3C1CC[C@@]2(O)C(F)(F)C(F)(F)F. The Bertz CT molecular complexity index is 1180. The third-order valence-corrected chi connectivity index (χ3v) is 9.32. The highest BCUT2D eigenvalue weighted by Crippen LogP contribution is 2.70. The van der Waals surface area contributed by atoms with Crippen LogP contribution in [0.15, 0.2) is 47.1 Å². The number of aromatic carboxylic acids is 1. The van der Waals surface area contributed by atoms with Gasteiger partial charge in [-0.25, -0.2) is 4.79 Å². The number of carboxylic acids is 1. The van der Waals surface area contributed by atoms with Crippen LogP contribution in [0.25, 0.3) is 0 Å². The molecule has 0 aliphatic heterocycles. The summed E-state index contributed by atoms with van der Waals surface area (Å²) in [6.45, 7) is 1.36. The van der Waals surface area contributed by atoms with E-state index in [4.69, 9.17) is 0 Å². The quantitative estimate of drug-likeness (QED) is 0.474. The number of hydrogen-bond acceptors (Lipinski definition) is 3. The van der Waals surface area contributed by atoms with Gasteiger partial charge in [-0.15, -0.1) is 0 Å². The average molecular weight is 510 g/mol. The minimum absolute atomic E-state index is 0.0101. The number of rotatable bonds is 3. The maximum atomic E-state index is 14.9. The van der Waals surface area contributed by atoms with Gasteiger partial charge in [-0.3, -0.25) is 4.79 Å². The second kappa shape index (κ2) is 7.97. The Morgan fingerprint density at radius 1 is 1.03 bits per heavy atom. The summed E-state index contributed by atoms with van der Waals surface area (Å²) in [6.07, 6.45) is -3.23. The largest absolute Gasteiger partial charge is 0.478 e. The maximum Gasteiger partial charge on any atom is 0.456 e. The molecule has 2 fully saturated rings. The van der Waals surface area contributed by atoms with Gasteiger partial charge in [0.25, 0.3) is 0 Å². The van der Waals surface area contributed by atoms with Crippen molar-refractivity contribution in [1.82, 2.24) is 0 Å². The Morgan fingerprint density at radius 3 is 2.31 bits per heavy atom. The summed E-state index contributed by atoms with van der Waals surface area (Å²) in [5.74, 6) is -7.89. The number of benzene rings is 1. The minimum atomic E-state index is -5.90. The molecule has 0 amide bonds. The van der Waals surface area contributed by atoms with E-state index in [1.165, 1.54) is 19.1 Å². The van der Waals surface area contributed by atoms with E-state index in [0.717, 1.165) is 16.7 Å². The van der Waals surface area contributed by atoms with Gasteiger partial charge in [-0.05, 0) is 85.3 Å². The number of carboxylic acid groups (broad SMARTS) is 1. The van der Waals surface area contributed by atoms with Crippen molar-refractivity contribution in [3.8, 4) is 0 Å². The number of carbonyl (C=O) groups is 2. The van der Waals surface area contributed by atoms with E-state index >= 15 is 0 Å². The van der Waals surface area contributed by atoms with E-state index in [2.05, 4.69) is 0 Å². The second-order valence-corrected chi connectivity index (χ2v) is 10.9. The first kappa shape index (κ1) is 25.1. The third-order valence-electron chi connectivity index (χ3n) is 9.32. The predicted octanol–water partition coefficient (Wildman–Crippen LogP) is 6.21. The van der Waals surface area contributed by atoms with Gasteiger partial charge in [0.15, 0.2) is 5.78 Å². The summed E-state index contributed by atoms with van der Waals surface area (Å²) >= 11 is 0. The van der Waals surface area contributed by atoms with E-state index in [1.807, 2.05) is 0 Å². The van der Waals surface area contributed by atoms with Gasteiger partial charge < -0.3 is 10.2 Å². The highest BCUT2D eigenvalue weighted by atomic mass is 19.4. The van der Waals surface area contributed by atoms with Crippen LogP contribution >= 0.6 is 0 Å². The number of aliphatic hydroxyl groups is 1. The van der Waals surface area contributed by atoms with Crippen LogP contribution in [0.2, 0.25) is 0 Å². The first-order valence-electron chi connectivity index (χ1n) is 12.2. The van der Waals surface area contributed by atoms with Crippen molar-refractivity contribution in [2.24, 2.45) is 17.3 Å². The van der Waals surface area contributed by atoms with Gasteiger partial charge in [-0.2, -0.15) is 22.0 Å². The molecule has 0 aromatic heterocycles. The molecule has 2 unspecified atom stereocenters. The van der Waals surface area contributed by atoms with Gasteiger partial charge in [0, 0.05) is 17.8 Å². The maximum absolute atomic E-state index is 14.9. The Kier molecular flexibility index (Phi) is 5.56. The monoisotopic (exact) mass is 510 g/mol. The Balaban J connectivity index is 1.69. The van der Waals surface area contributed by atoms with E-state index in [0.29, 0.717) is 31.2 Å². The summed E-state index contributed by atoms with van der Waals surface area (Å²) in [4.78, 5) is 23.4. The fourth-order valence-electron chi connectivity index (χ4n) is 7.57. The molecule has 2 saturated carbocycles. The van der Waals surface area contributed by atoms with Gasteiger partial charge in [0.05, 0.1) is 5.56 Å². The van der Waals surface area contributed by atoms with Crippen LogP contribution in [-0.2, 0) is 4.79 Å². The predicted molar refractivity (Wildman–Crippen MR) is 120 cm³/mol. The van der Waals surface area contributed by atoms with E-state index in [1.54, 1.807) is 18.2 Å². The van der Waals surface area contributed by atoms with E-state index < -0.39 is 47.3 Å². The highest BCUT2D eigenvalue weighted by Gasteiger charge is 2.79. The van der Waals surface area contributed by atoms with Crippen LogP contribution in [0.3, 0.4) is 0 Å². The van der Waals surface area contributed by atoms with Crippen LogP contribution in [0, 0.1) is 17.3 Å². The standard InChI is InChI=1S/C27H27F5O4/c1-24-13-20(14-2-4-15(5-3-14)23(34)35)22-18-9-7-17(33)12-16(18)6-8-19(22)21(24)10-11-25(24,36)26(28,29)27(30,31)32/h2-5,12,19-21,36H,6-11,13H2,1H3,(H,34,35)/t19?,20-,21?,24+,25+/m1/s1. The summed E-state index contributed by atoms with van der Waals surface area (Å²) < 4.78 is 70.6. The lowest BCUT2D eigenvalue weighted by atomic mass is 9.50. The van der Waals surface area contributed by atoms with Crippen molar-refractivity contribution in [3.63, 3.8) is 0 Å². The molecule has 0 spiro atoms. The molecule has 5 rings (SSSR count). The molecule has 0 saturated heterocycles. The lowest BCUT2D eigenvalue weighted by Gasteiger charge is -2.56. The molecule has 9 heteroatoms. The smallest absolute Gasteiger partial charge is 0.456 e. The molecule has 4 nitrogen and oxygen atoms in total. The lowest BCUT2D eigenvalue weighted by Crippen LogP contribution is -2.65. The zero-order valence-corrected chi connectivity index (χ0v) is 19.7. The molecule has 4 aliphatic carbocycles. The fraction of sp³-hybridized carbons (Fsp3) is 0.556. The molecule has 1 aromatic carbocycles.